The zero-order valence-electron chi connectivity index (χ0n) is 19.0. The number of para-hydroxylation sites is 1. The van der Waals surface area contributed by atoms with Crippen LogP contribution in [0.5, 0.6) is 0 Å². The van der Waals surface area contributed by atoms with Crippen LogP contribution in [0.25, 0.3) is 21.5 Å². The average molecular weight is 436 g/mol. The van der Waals surface area contributed by atoms with Crippen molar-refractivity contribution in [2.75, 3.05) is 18.6 Å². The third-order valence-electron chi connectivity index (χ3n) is 6.56. The van der Waals surface area contributed by atoms with Gasteiger partial charge in [-0.15, -0.1) is 0 Å². The van der Waals surface area contributed by atoms with Crippen LogP contribution < -0.4 is 4.90 Å². The fourth-order valence-corrected chi connectivity index (χ4v) is 4.90. The first-order valence-electron chi connectivity index (χ1n) is 11.0. The van der Waals surface area contributed by atoms with Crippen LogP contribution in [0.3, 0.4) is 0 Å². The minimum atomic E-state index is -0.489. The monoisotopic (exact) mass is 435 g/mol. The Morgan fingerprint density at radius 1 is 0.879 bits per heavy atom. The normalized spacial score (nSPS) is 15.7. The van der Waals surface area contributed by atoms with Gasteiger partial charge in [0.2, 0.25) is 0 Å². The van der Waals surface area contributed by atoms with Gasteiger partial charge in [0.25, 0.3) is 0 Å². The molecular weight excluding hydrogens is 410 g/mol. The Balaban J connectivity index is 1.42. The zero-order chi connectivity index (χ0) is 23.2. The molecule has 4 aromatic carbocycles. The third kappa shape index (κ3) is 3.48. The van der Waals surface area contributed by atoms with E-state index in [1.165, 1.54) is 5.56 Å². The number of hydrogen-bond acceptors (Lipinski definition) is 4. The Morgan fingerprint density at radius 3 is 2.09 bits per heavy atom. The zero-order valence-corrected chi connectivity index (χ0v) is 19.0. The van der Waals surface area contributed by atoms with Crippen molar-refractivity contribution in [1.29, 1.82) is 0 Å². The number of nitrogens with zero attached hydrogens (tertiary/aromatic N) is 1. The van der Waals surface area contributed by atoms with Gasteiger partial charge < -0.3 is 9.64 Å². The highest BCUT2D eigenvalue weighted by molar-refractivity contribution is 6.16. The molecule has 4 nitrogen and oxygen atoms in total. The van der Waals surface area contributed by atoms with E-state index in [4.69, 9.17) is 4.74 Å². The molecule has 5 rings (SSSR count). The molecule has 0 atom stereocenters. The molecule has 4 heteroatoms. The number of likely N-dealkylation sites (N-methyl/N-ethyl adjacent to an activating group) is 1. The van der Waals surface area contributed by atoms with E-state index in [1.807, 2.05) is 78.7 Å². The van der Waals surface area contributed by atoms with E-state index < -0.39 is 5.97 Å². The summed E-state index contributed by atoms with van der Waals surface area (Å²) in [5.74, 6) is -0.729. The van der Waals surface area contributed by atoms with Crippen LogP contribution in [-0.4, -0.2) is 25.4 Å². The Kier molecular flexibility index (Phi) is 5.01. The second kappa shape index (κ2) is 7.89. The molecule has 0 fully saturated rings. The van der Waals surface area contributed by atoms with Crippen molar-refractivity contribution in [1.82, 2.24) is 0 Å². The molecule has 164 valence electrons. The summed E-state index contributed by atoms with van der Waals surface area (Å²) < 4.78 is 5.55. The fraction of sp³-hybridized carbons (Fsp3) is 0.172. The number of allylic oxidation sites excluding steroid dienone is 1. The van der Waals surface area contributed by atoms with Crippen molar-refractivity contribution in [2.45, 2.75) is 19.3 Å². The predicted molar refractivity (Wildman–Crippen MR) is 133 cm³/mol. The molecule has 0 aromatic heterocycles. The van der Waals surface area contributed by atoms with Gasteiger partial charge in [0.05, 0.1) is 5.56 Å². The molecule has 0 aliphatic carbocycles. The number of fused-ring (bicyclic) bond motifs is 3. The van der Waals surface area contributed by atoms with Gasteiger partial charge in [0.1, 0.15) is 0 Å². The van der Waals surface area contributed by atoms with Crippen molar-refractivity contribution in [3.63, 3.8) is 0 Å². The Morgan fingerprint density at radius 2 is 1.45 bits per heavy atom. The lowest BCUT2D eigenvalue weighted by atomic mass is 9.83. The maximum absolute atomic E-state index is 13.2. The van der Waals surface area contributed by atoms with Gasteiger partial charge in [-0.25, -0.2) is 4.79 Å². The molecule has 1 aliphatic rings. The molecule has 0 unspecified atom stereocenters. The summed E-state index contributed by atoms with van der Waals surface area (Å²) in [6, 6.07) is 25.7. The number of ether oxygens (including phenoxy) is 1. The van der Waals surface area contributed by atoms with Crippen LogP contribution in [0.4, 0.5) is 5.69 Å². The summed E-state index contributed by atoms with van der Waals surface area (Å²) in [5.41, 5.74) is 3.33. The summed E-state index contributed by atoms with van der Waals surface area (Å²) >= 11 is 0. The number of esters is 1. The molecule has 0 bridgehead atoms. The van der Waals surface area contributed by atoms with Crippen LogP contribution in [0.15, 0.2) is 90.6 Å². The van der Waals surface area contributed by atoms with E-state index in [2.05, 4.69) is 26.0 Å². The van der Waals surface area contributed by atoms with Crippen LogP contribution >= 0.6 is 0 Å². The molecule has 33 heavy (non-hydrogen) atoms. The quantitative estimate of drug-likeness (QED) is 0.223. The SMILES string of the molecule is CN1C(=CC(=O)COC(=O)c2c3ccccc3cc3ccccc23)C(C)(C)c2ccccc21. The highest BCUT2D eigenvalue weighted by atomic mass is 16.5. The minimum absolute atomic E-state index is 0.240. The lowest BCUT2D eigenvalue weighted by Gasteiger charge is -2.23. The van der Waals surface area contributed by atoms with E-state index in [9.17, 15) is 9.59 Å². The number of rotatable bonds is 4. The highest BCUT2D eigenvalue weighted by Crippen LogP contribution is 2.46. The molecule has 1 aliphatic heterocycles. The van der Waals surface area contributed by atoms with Gasteiger partial charge in [-0.1, -0.05) is 80.6 Å². The first-order valence-corrected chi connectivity index (χ1v) is 11.0. The van der Waals surface area contributed by atoms with Crippen molar-refractivity contribution >= 4 is 39.0 Å². The van der Waals surface area contributed by atoms with Gasteiger partial charge in [-0.2, -0.15) is 0 Å². The number of carbonyl (C=O) groups excluding carboxylic acids is 2. The predicted octanol–water partition coefficient (Wildman–Crippen LogP) is 6.03. The van der Waals surface area contributed by atoms with Crippen LogP contribution in [0, 0.1) is 0 Å². The van der Waals surface area contributed by atoms with Crippen LogP contribution in [0.2, 0.25) is 0 Å². The molecule has 1 heterocycles. The summed E-state index contributed by atoms with van der Waals surface area (Å²) in [5, 5.41) is 3.56. The highest BCUT2D eigenvalue weighted by Gasteiger charge is 2.38. The smallest absolute Gasteiger partial charge is 0.339 e. The van der Waals surface area contributed by atoms with Crippen LogP contribution in [0.1, 0.15) is 29.8 Å². The lowest BCUT2D eigenvalue weighted by molar-refractivity contribution is -0.117. The number of ketones is 1. The molecule has 0 radical (unpaired) electrons. The van der Waals surface area contributed by atoms with Gasteiger partial charge in [0.15, 0.2) is 12.4 Å². The molecule has 4 aromatic rings. The Bertz CT molecular complexity index is 1390. The van der Waals surface area contributed by atoms with Crippen molar-refractivity contribution < 1.29 is 14.3 Å². The van der Waals surface area contributed by atoms with E-state index in [1.54, 1.807) is 6.08 Å². The molecule has 0 amide bonds. The number of carbonyl (C=O) groups is 2. The van der Waals surface area contributed by atoms with E-state index in [0.717, 1.165) is 32.9 Å². The summed E-state index contributed by atoms with van der Waals surface area (Å²) in [6.07, 6.45) is 1.61. The Labute approximate surface area is 193 Å². The maximum atomic E-state index is 13.2. The second-order valence-corrected chi connectivity index (χ2v) is 8.97. The minimum Gasteiger partial charge on any atom is -0.454 e. The van der Waals surface area contributed by atoms with E-state index in [-0.39, 0.29) is 17.8 Å². The Hall–Kier alpha value is -3.92. The first-order chi connectivity index (χ1) is 15.9. The summed E-state index contributed by atoms with van der Waals surface area (Å²) in [4.78, 5) is 28.1. The van der Waals surface area contributed by atoms with Gasteiger partial charge in [-0.3, -0.25) is 4.79 Å². The molecule has 0 saturated heterocycles. The third-order valence-corrected chi connectivity index (χ3v) is 6.56. The van der Waals surface area contributed by atoms with Gasteiger partial charge in [0, 0.05) is 29.9 Å². The molecule has 0 spiro atoms. The topological polar surface area (TPSA) is 46.6 Å². The molecule has 0 N–H and O–H groups in total. The van der Waals surface area contributed by atoms with Crippen LogP contribution in [-0.2, 0) is 14.9 Å². The maximum Gasteiger partial charge on any atom is 0.339 e. The first kappa shape index (κ1) is 21.0. The van der Waals surface area contributed by atoms with Crippen molar-refractivity contribution in [3.05, 3.63) is 102 Å². The number of hydrogen-bond donors (Lipinski definition) is 0. The molecule has 0 saturated carbocycles. The van der Waals surface area contributed by atoms with E-state index >= 15 is 0 Å². The largest absolute Gasteiger partial charge is 0.454 e. The van der Waals surface area contributed by atoms with Crippen molar-refractivity contribution in [2.24, 2.45) is 0 Å². The fourth-order valence-electron chi connectivity index (χ4n) is 4.90. The van der Waals surface area contributed by atoms with Gasteiger partial charge >= 0.3 is 5.97 Å². The summed E-state index contributed by atoms with van der Waals surface area (Å²) in [6.45, 7) is 3.89. The van der Waals surface area contributed by atoms with Gasteiger partial charge in [-0.05, 0) is 39.2 Å². The second-order valence-electron chi connectivity index (χ2n) is 8.97. The number of anilines is 1. The van der Waals surface area contributed by atoms with E-state index in [0.29, 0.717) is 5.56 Å². The summed E-state index contributed by atoms with van der Waals surface area (Å²) in [7, 11) is 1.96. The van der Waals surface area contributed by atoms with Crippen molar-refractivity contribution in [3.8, 4) is 0 Å². The standard InChI is InChI=1S/C29H25NO3/c1-29(2)24-14-8-9-15-25(24)30(3)26(29)17-21(31)18-33-28(32)27-22-12-6-4-10-19(22)16-20-11-5-7-13-23(20)27/h4-17H,18H2,1-3H3. The molecular formula is C29H25NO3. The number of benzene rings is 4. The average Bonchev–Trinajstić information content (AvgIpc) is 3.01. The lowest BCUT2D eigenvalue weighted by Crippen LogP contribution is -2.25.